The molecule has 0 saturated heterocycles. The van der Waals surface area contributed by atoms with Crippen LogP contribution in [0.15, 0.2) is 12.4 Å². The molecule has 0 radical (unpaired) electrons. The average Bonchev–Trinajstić information content (AvgIpc) is 2.21. The van der Waals surface area contributed by atoms with Gasteiger partial charge in [-0.2, -0.15) is 0 Å². The third kappa shape index (κ3) is 2.00. The Bertz CT molecular complexity index is 291. The topological polar surface area (TPSA) is 51.8 Å². The Morgan fingerprint density at radius 2 is 1.86 bits per heavy atom. The van der Waals surface area contributed by atoms with Gasteiger partial charge in [0.15, 0.2) is 0 Å². The minimum Gasteiger partial charge on any atom is -0.382 e. The van der Waals surface area contributed by atoms with E-state index in [1.54, 1.807) is 12.4 Å². The van der Waals surface area contributed by atoms with Gasteiger partial charge in [0.2, 0.25) is 0 Å². The third-order valence-corrected chi connectivity index (χ3v) is 2.77. The van der Waals surface area contributed by atoms with Crippen LogP contribution in [-0.4, -0.2) is 16.1 Å². The Labute approximate surface area is 82.6 Å². The van der Waals surface area contributed by atoms with Crippen molar-refractivity contribution in [1.29, 1.82) is 0 Å². The molecule has 0 atom stereocenters. The second kappa shape index (κ2) is 3.90. The molecule has 1 aromatic rings. The Balaban J connectivity index is 2.05. The zero-order valence-electron chi connectivity index (χ0n) is 7.99. The van der Waals surface area contributed by atoms with Crippen molar-refractivity contribution in [1.82, 2.24) is 9.97 Å². The van der Waals surface area contributed by atoms with Gasteiger partial charge in [-0.3, -0.25) is 4.98 Å². The summed E-state index contributed by atoms with van der Waals surface area (Å²) in [5.41, 5.74) is 6.39. The highest BCUT2D eigenvalue weighted by Gasteiger charge is 2.22. The predicted molar refractivity (Wildman–Crippen MR) is 52.5 cm³/mol. The van der Waals surface area contributed by atoms with Crippen LogP contribution < -0.4 is 5.73 Å². The maximum Gasteiger partial charge on any atom is 0.141 e. The lowest BCUT2D eigenvalue weighted by Gasteiger charge is -2.23. The van der Waals surface area contributed by atoms with Crippen molar-refractivity contribution in [2.24, 2.45) is 0 Å². The highest BCUT2D eigenvalue weighted by atomic mass is 19.1. The second-order valence-corrected chi connectivity index (χ2v) is 3.82. The summed E-state index contributed by atoms with van der Waals surface area (Å²) < 4.78 is 12.9. The molecule has 1 heterocycles. The van der Waals surface area contributed by atoms with Crippen molar-refractivity contribution in [3.05, 3.63) is 18.1 Å². The quantitative estimate of drug-likeness (QED) is 0.746. The molecule has 2 N–H and O–H groups in total. The van der Waals surface area contributed by atoms with E-state index in [2.05, 4.69) is 9.97 Å². The first kappa shape index (κ1) is 9.37. The third-order valence-electron chi connectivity index (χ3n) is 2.77. The van der Waals surface area contributed by atoms with Gasteiger partial charge >= 0.3 is 0 Å². The fraction of sp³-hybridized carbons (Fsp3) is 0.600. The summed E-state index contributed by atoms with van der Waals surface area (Å²) >= 11 is 0. The number of anilines is 1. The minimum absolute atomic E-state index is 0.370. The lowest BCUT2D eigenvalue weighted by molar-refractivity contribution is 0.234. The Morgan fingerprint density at radius 3 is 2.43 bits per heavy atom. The first-order valence-electron chi connectivity index (χ1n) is 4.97. The molecule has 0 aromatic carbocycles. The molecule has 0 amide bonds. The van der Waals surface area contributed by atoms with E-state index < -0.39 is 6.17 Å². The molecule has 0 aliphatic heterocycles. The maximum atomic E-state index is 12.9. The summed E-state index contributed by atoms with van der Waals surface area (Å²) in [4.78, 5) is 8.21. The van der Waals surface area contributed by atoms with Crippen LogP contribution in [-0.2, 0) is 0 Å². The summed E-state index contributed by atoms with van der Waals surface area (Å²) in [5.74, 6) is 0.808. The molecular weight excluding hydrogens is 181 g/mol. The van der Waals surface area contributed by atoms with Crippen LogP contribution in [0.1, 0.15) is 37.3 Å². The van der Waals surface area contributed by atoms with Crippen LogP contribution in [0.4, 0.5) is 10.2 Å². The standard InChI is InChI=1S/C10H14FN3/c11-8-3-1-7(2-4-8)9-5-14-10(12)6-13-9/h5-8H,1-4H2,(H2,12,14)/t7-,8+. The molecule has 0 bridgehead atoms. The lowest BCUT2D eigenvalue weighted by atomic mass is 9.86. The molecular formula is C10H14FN3. The molecule has 1 aromatic heterocycles. The van der Waals surface area contributed by atoms with E-state index in [1.165, 1.54) is 0 Å². The normalized spacial score (nSPS) is 27.5. The van der Waals surface area contributed by atoms with Gasteiger partial charge < -0.3 is 5.73 Å². The molecule has 0 unspecified atom stereocenters. The first-order chi connectivity index (χ1) is 6.75. The fourth-order valence-corrected chi connectivity index (χ4v) is 1.91. The van der Waals surface area contributed by atoms with Gasteiger partial charge in [0.05, 0.1) is 18.1 Å². The molecule has 14 heavy (non-hydrogen) atoms. The van der Waals surface area contributed by atoms with Gasteiger partial charge in [-0.05, 0) is 25.7 Å². The molecule has 1 saturated carbocycles. The van der Waals surface area contributed by atoms with Gasteiger partial charge in [-0.1, -0.05) is 0 Å². The average molecular weight is 195 g/mol. The number of nitrogens with two attached hydrogens (primary N) is 1. The lowest BCUT2D eigenvalue weighted by Crippen LogP contribution is -2.14. The van der Waals surface area contributed by atoms with E-state index >= 15 is 0 Å². The summed E-state index contributed by atoms with van der Waals surface area (Å²) in [5, 5.41) is 0. The Morgan fingerprint density at radius 1 is 1.14 bits per heavy atom. The van der Waals surface area contributed by atoms with Crippen molar-refractivity contribution >= 4 is 5.82 Å². The van der Waals surface area contributed by atoms with E-state index in [9.17, 15) is 4.39 Å². The molecule has 1 aliphatic carbocycles. The number of alkyl halides is 1. The van der Waals surface area contributed by atoms with E-state index in [1.807, 2.05) is 0 Å². The van der Waals surface area contributed by atoms with Crippen LogP contribution in [0.2, 0.25) is 0 Å². The number of nitrogen functional groups attached to an aromatic ring is 1. The predicted octanol–water partition coefficient (Wildman–Crippen LogP) is 2.05. The smallest absolute Gasteiger partial charge is 0.141 e. The van der Waals surface area contributed by atoms with Crippen molar-refractivity contribution < 1.29 is 4.39 Å². The van der Waals surface area contributed by atoms with Crippen LogP contribution in [0.25, 0.3) is 0 Å². The molecule has 3 nitrogen and oxygen atoms in total. The van der Waals surface area contributed by atoms with Gasteiger partial charge in [0, 0.05) is 5.92 Å². The number of hydrogen-bond acceptors (Lipinski definition) is 3. The van der Waals surface area contributed by atoms with E-state index in [0.29, 0.717) is 24.6 Å². The summed E-state index contributed by atoms with van der Waals surface area (Å²) in [6, 6.07) is 0. The van der Waals surface area contributed by atoms with Crippen molar-refractivity contribution in [3.8, 4) is 0 Å². The zero-order chi connectivity index (χ0) is 9.97. The molecule has 0 spiro atoms. The van der Waals surface area contributed by atoms with Gasteiger partial charge in [-0.15, -0.1) is 0 Å². The monoisotopic (exact) mass is 195 g/mol. The van der Waals surface area contributed by atoms with E-state index in [0.717, 1.165) is 18.5 Å². The molecule has 1 fully saturated rings. The van der Waals surface area contributed by atoms with Crippen LogP contribution in [0, 0.1) is 0 Å². The SMILES string of the molecule is Nc1cnc([C@H]2CC[C@@H](F)CC2)cn1. The van der Waals surface area contributed by atoms with Crippen molar-refractivity contribution in [2.45, 2.75) is 37.8 Å². The van der Waals surface area contributed by atoms with Gasteiger partial charge in [-0.25, -0.2) is 9.37 Å². The molecule has 2 rings (SSSR count). The second-order valence-electron chi connectivity index (χ2n) is 3.82. The fourth-order valence-electron chi connectivity index (χ4n) is 1.91. The summed E-state index contributed by atoms with van der Waals surface area (Å²) in [7, 11) is 0. The van der Waals surface area contributed by atoms with Crippen LogP contribution in [0.3, 0.4) is 0 Å². The molecule has 1 aliphatic rings. The molecule has 76 valence electrons. The van der Waals surface area contributed by atoms with E-state index in [-0.39, 0.29) is 0 Å². The van der Waals surface area contributed by atoms with Gasteiger partial charge in [0.25, 0.3) is 0 Å². The molecule has 4 heteroatoms. The van der Waals surface area contributed by atoms with Crippen molar-refractivity contribution in [2.75, 3.05) is 5.73 Å². The Hall–Kier alpha value is -1.19. The van der Waals surface area contributed by atoms with Crippen molar-refractivity contribution in [3.63, 3.8) is 0 Å². The van der Waals surface area contributed by atoms with Crippen LogP contribution in [0.5, 0.6) is 0 Å². The Kier molecular flexibility index (Phi) is 2.61. The number of aromatic nitrogens is 2. The number of nitrogens with zero attached hydrogens (tertiary/aromatic N) is 2. The summed E-state index contributed by atoms with van der Waals surface area (Å²) in [6.07, 6.45) is 5.70. The largest absolute Gasteiger partial charge is 0.382 e. The van der Waals surface area contributed by atoms with E-state index in [4.69, 9.17) is 5.73 Å². The number of rotatable bonds is 1. The number of hydrogen-bond donors (Lipinski definition) is 1. The summed E-state index contributed by atoms with van der Waals surface area (Å²) in [6.45, 7) is 0. The zero-order valence-corrected chi connectivity index (χ0v) is 7.99. The highest BCUT2D eigenvalue weighted by molar-refractivity contribution is 5.23. The van der Waals surface area contributed by atoms with Gasteiger partial charge in [0.1, 0.15) is 12.0 Å². The first-order valence-corrected chi connectivity index (χ1v) is 4.97. The minimum atomic E-state index is -0.618. The van der Waals surface area contributed by atoms with Crippen LogP contribution >= 0.6 is 0 Å². The number of halogens is 1. The highest BCUT2D eigenvalue weighted by Crippen LogP contribution is 2.32. The maximum absolute atomic E-state index is 12.9.